The van der Waals surface area contributed by atoms with Crippen molar-refractivity contribution in [2.24, 2.45) is 5.92 Å². The molecule has 1 aromatic carbocycles. The minimum absolute atomic E-state index is 0.0932. The first-order valence-electron chi connectivity index (χ1n) is 6.89. The molecule has 0 bridgehead atoms. The minimum Gasteiger partial charge on any atom is -0.373 e. The molecule has 0 saturated carbocycles. The van der Waals surface area contributed by atoms with Crippen molar-refractivity contribution < 1.29 is 9.13 Å². The lowest BCUT2D eigenvalue weighted by Gasteiger charge is -2.32. The maximum atomic E-state index is 13.8. The van der Waals surface area contributed by atoms with Crippen LogP contribution in [0.15, 0.2) is 24.3 Å². The maximum Gasteiger partial charge on any atom is 0.129 e. The van der Waals surface area contributed by atoms with Crippen LogP contribution in [0.4, 0.5) is 4.39 Å². The largest absolute Gasteiger partial charge is 0.373 e. The molecule has 1 heterocycles. The smallest absolute Gasteiger partial charge is 0.129 e. The van der Waals surface area contributed by atoms with E-state index in [1.807, 2.05) is 12.1 Å². The van der Waals surface area contributed by atoms with Crippen molar-refractivity contribution >= 4 is 0 Å². The number of nitrogens with one attached hydrogen (secondary N) is 1. The van der Waals surface area contributed by atoms with E-state index in [0.717, 1.165) is 39.0 Å². The van der Waals surface area contributed by atoms with Gasteiger partial charge in [-0.3, -0.25) is 0 Å². The molecule has 1 saturated heterocycles. The highest BCUT2D eigenvalue weighted by molar-refractivity contribution is 5.21. The third-order valence-electron chi connectivity index (χ3n) is 3.49. The van der Waals surface area contributed by atoms with Crippen LogP contribution in [0.2, 0.25) is 0 Å². The first-order chi connectivity index (χ1) is 8.83. The summed E-state index contributed by atoms with van der Waals surface area (Å²) >= 11 is 0. The molecule has 2 rings (SSSR count). The molecule has 1 aliphatic heterocycles. The van der Waals surface area contributed by atoms with Gasteiger partial charge in [0, 0.05) is 24.6 Å². The van der Waals surface area contributed by atoms with Crippen molar-refractivity contribution in [2.75, 3.05) is 19.7 Å². The Morgan fingerprint density at radius 1 is 1.39 bits per heavy atom. The number of rotatable bonds is 5. The predicted molar refractivity (Wildman–Crippen MR) is 71.0 cm³/mol. The van der Waals surface area contributed by atoms with E-state index in [2.05, 4.69) is 12.2 Å². The summed E-state index contributed by atoms with van der Waals surface area (Å²) in [7, 11) is 0. The zero-order chi connectivity index (χ0) is 12.8. The van der Waals surface area contributed by atoms with Crippen molar-refractivity contribution in [2.45, 2.75) is 32.3 Å². The molecule has 2 unspecified atom stereocenters. The fourth-order valence-electron chi connectivity index (χ4n) is 2.57. The zero-order valence-corrected chi connectivity index (χ0v) is 11.0. The summed E-state index contributed by atoms with van der Waals surface area (Å²) in [6, 6.07) is 6.97. The van der Waals surface area contributed by atoms with Crippen LogP contribution in [0.1, 0.15) is 37.9 Å². The van der Waals surface area contributed by atoms with Crippen LogP contribution in [0.25, 0.3) is 0 Å². The van der Waals surface area contributed by atoms with E-state index in [0.29, 0.717) is 11.5 Å². The Hall–Kier alpha value is -0.930. The molecule has 0 amide bonds. The average Bonchev–Trinajstić information content (AvgIpc) is 2.40. The van der Waals surface area contributed by atoms with Gasteiger partial charge in [0.05, 0.1) is 6.10 Å². The quantitative estimate of drug-likeness (QED) is 0.811. The second-order valence-electron chi connectivity index (χ2n) is 4.92. The highest BCUT2D eigenvalue weighted by atomic mass is 19.1. The zero-order valence-electron chi connectivity index (χ0n) is 11.0. The molecular weight excluding hydrogens is 229 g/mol. The molecule has 1 fully saturated rings. The Morgan fingerprint density at radius 2 is 2.22 bits per heavy atom. The van der Waals surface area contributed by atoms with Gasteiger partial charge in [-0.1, -0.05) is 25.1 Å². The molecule has 1 aromatic rings. The van der Waals surface area contributed by atoms with Gasteiger partial charge in [0.15, 0.2) is 0 Å². The Labute approximate surface area is 109 Å². The molecular formula is C15H22FNO. The van der Waals surface area contributed by atoms with Crippen LogP contribution >= 0.6 is 0 Å². The average molecular weight is 251 g/mol. The molecule has 0 aliphatic carbocycles. The molecule has 2 atom stereocenters. The summed E-state index contributed by atoms with van der Waals surface area (Å²) in [5.74, 6) is 0.229. The van der Waals surface area contributed by atoms with E-state index in [1.165, 1.54) is 6.07 Å². The normalized spacial score (nSPS) is 24.1. The summed E-state index contributed by atoms with van der Waals surface area (Å²) in [6.45, 7) is 4.81. The van der Waals surface area contributed by atoms with Crippen LogP contribution in [0, 0.1) is 11.7 Å². The minimum atomic E-state index is -0.148. The monoisotopic (exact) mass is 251 g/mol. The van der Waals surface area contributed by atoms with E-state index in [9.17, 15) is 4.39 Å². The Morgan fingerprint density at radius 3 is 3.00 bits per heavy atom. The second-order valence-corrected chi connectivity index (χ2v) is 4.92. The fourth-order valence-corrected chi connectivity index (χ4v) is 2.57. The molecule has 2 nitrogen and oxygen atoms in total. The fraction of sp³-hybridized carbons (Fsp3) is 0.600. The van der Waals surface area contributed by atoms with Crippen LogP contribution in [-0.2, 0) is 4.74 Å². The van der Waals surface area contributed by atoms with Gasteiger partial charge in [-0.25, -0.2) is 4.39 Å². The number of benzene rings is 1. The molecule has 0 radical (unpaired) electrons. The topological polar surface area (TPSA) is 21.3 Å². The lowest BCUT2D eigenvalue weighted by atomic mass is 9.89. The summed E-state index contributed by atoms with van der Waals surface area (Å²) in [4.78, 5) is 0. The van der Waals surface area contributed by atoms with Crippen LogP contribution < -0.4 is 5.32 Å². The van der Waals surface area contributed by atoms with E-state index in [-0.39, 0.29) is 11.9 Å². The van der Waals surface area contributed by atoms with Crippen molar-refractivity contribution in [3.8, 4) is 0 Å². The van der Waals surface area contributed by atoms with Gasteiger partial charge in [0.1, 0.15) is 5.82 Å². The standard InChI is InChI=1S/C15H22FNO/c1-2-9-17-11-12-6-5-10-18-15(12)13-7-3-4-8-14(13)16/h3-4,7-8,12,15,17H,2,5-6,9-11H2,1H3. The van der Waals surface area contributed by atoms with Crippen molar-refractivity contribution in [1.29, 1.82) is 0 Å². The van der Waals surface area contributed by atoms with Gasteiger partial charge in [0.25, 0.3) is 0 Å². The summed E-state index contributed by atoms with van der Waals surface area (Å²) < 4.78 is 19.6. The van der Waals surface area contributed by atoms with Gasteiger partial charge < -0.3 is 10.1 Å². The highest BCUT2D eigenvalue weighted by Crippen LogP contribution is 2.34. The van der Waals surface area contributed by atoms with Gasteiger partial charge in [0.2, 0.25) is 0 Å². The lowest BCUT2D eigenvalue weighted by Crippen LogP contribution is -2.32. The first-order valence-corrected chi connectivity index (χ1v) is 6.89. The van der Waals surface area contributed by atoms with E-state index in [4.69, 9.17) is 4.74 Å². The Kier molecular flexibility index (Phi) is 5.14. The van der Waals surface area contributed by atoms with Crippen molar-refractivity contribution in [3.63, 3.8) is 0 Å². The molecule has 0 aromatic heterocycles. The third-order valence-corrected chi connectivity index (χ3v) is 3.49. The van der Waals surface area contributed by atoms with E-state index >= 15 is 0 Å². The number of hydrogen-bond acceptors (Lipinski definition) is 2. The second kappa shape index (κ2) is 6.86. The SMILES string of the molecule is CCCNCC1CCCOC1c1ccccc1F. The van der Waals surface area contributed by atoms with Gasteiger partial charge in [-0.2, -0.15) is 0 Å². The van der Waals surface area contributed by atoms with Crippen LogP contribution in [0.5, 0.6) is 0 Å². The Bertz CT molecular complexity index is 369. The summed E-state index contributed by atoms with van der Waals surface area (Å²) in [6.07, 6.45) is 3.21. The third kappa shape index (κ3) is 3.30. The van der Waals surface area contributed by atoms with Gasteiger partial charge >= 0.3 is 0 Å². The van der Waals surface area contributed by atoms with Gasteiger partial charge in [-0.05, 0) is 31.9 Å². The summed E-state index contributed by atoms with van der Waals surface area (Å²) in [5.41, 5.74) is 0.709. The maximum absolute atomic E-state index is 13.8. The number of ether oxygens (including phenoxy) is 1. The van der Waals surface area contributed by atoms with Crippen molar-refractivity contribution in [3.05, 3.63) is 35.6 Å². The van der Waals surface area contributed by atoms with Crippen molar-refractivity contribution in [1.82, 2.24) is 5.32 Å². The number of halogens is 1. The van der Waals surface area contributed by atoms with Crippen LogP contribution in [0.3, 0.4) is 0 Å². The molecule has 3 heteroatoms. The Balaban J connectivity index is 2.05. The van der Waals surface area contributed by atoms with E-state index < -0.39 is 0 Å². The predicted octanol–water partition coefficient (Wildman–Crippen LogP) is 3.29. The number of hydrogen-bond donors (Lipinski definition) is 1. The molecule has 100 valence electrons. The van der Waals surface area contributed by atoms with Gasteiger partial charge in [-0.15, -0.1) is 0 Å². The molecule has 0 spiro atoms. The van der Waals surface area contributed by atoms with E-state index in [1.54, 1.807) is 6.07 Å². The molecule has 1 aliphatic rings. The van der Waals surface area contributed by atoms with Crippen LogP contribution in [-0.4, -0.2) is 19.7 Å². The summed E-state index contributed by atoms with van der Waals surface area (Å²) in [5, 5.41) is 3.42. The molecule has 1 N–H and O–H groups in total. The highest BCUT2D eigenvalue weighted by Gasteiger charge is 2.28. The lowest BCUT2D eigenvalue weighted by molar-refractivity contribution is -0.0295. The first kappa shape index (κ1) is 13.5. The molecule has 18 heavy (non-hydrogen) atoms.